The molecular weight excluding hydrogens is 274 g/mol. The van der Waals surface area contributed by atoms with Crippen molar-refractivity contribution in [3.05, 3.63) is 24.3 Å². The average Bonchev–Trinajstić information content (AvgIpc) is 2.64. The van der Waals surface area contributed by atoms with Gasteiger partial charge in [0.25, 0.3) is 0 Å². The van der Waals surface area contributed by atoms with Crippen molar-refractivity contribution in [1.29, 1.82) is 0 Å². The molecule has 1 unspecified atom stereocenters. The van der Waals surface area contributed by atoms with Crippen molar-refractivity contribution in [2.24, 2.45) is 0 Å². The minimum absolute atomic E-state index is 0.0669. The quantitative estimate of drug-likeness (QED) is 0.804. The Hall–Kier alpha value is -1.14. The van der Waals surface area contributed by atoms with E-state index in [4.69, 9.17) is 11.6 Å². The highest BCUT2D eigenvalue weighted by atomic mass is 35.5. The molecule has 98 valence electrons. The summed E-state index contributed by atoms with van der Waals surface area (Å²) in [6.07, 6.45) is 4.52. The average molecular weight is 288 g/mol. The first-order chi connectivity index (χ1) is 8.38. The number of alkyl halides is 1. The lowest BCUT2D eigenvalue weighted by Crippen LogP contribution is -2.13. The lowest BCUT2D eigenvalue weighted by molar-refractivity contribution is 0.593. The second-order valence-corrected chi connectivity index (χ2v) is 7.15. The lowest BCUT2D eigenvalue weighted by Gasteiger charge is -2.09. The minimum Gasteiger partial charge on any atom is -0.326 e. The second kappa shape index (κ2) is 4.85. The van der Waals surface area contributed by atoms with Crippen LogP contribution in [0.5, 0.6) is 0 Å². The maximum absolute atomic E-state index is 11.3. The molecule has 0 fully saturated rings. The number of rotatable bonds is 4. The van der Waals surface area contributed by atoms with Gasteiger partial charge in [-0.1, -0.05) is 0 Å². The van der Waals surface area contributed by atoms with E-state index >= 15 is 0 Å². The van der Waals surface area contributed by atoms with Crippen molar-refractivity contribution in [2.45, 2.75) is 18.8 Å². The molecule has 0 bridgehead atoms. The van der Waals surface area contributed by atoms with Crippen LogP contribution < -0.4 is 0 Å². The van der Waals surface area contributed by atoms with E-state index in [1.165, 1.54) is 6.26 Å². The van der Waals surface area contributed by atoms with Gasteiger partial charge in [0, 0.05) is 19.0 Å². The largest absolute Gasteiger partial charge is 0.326 e. The van der Waals surface area contributed by atoms with Crippen molar-refractivity contribution >= 4 is 32.5 Å². The van der Waals surface area contributed by atoms with E-state index in [0.29, 0.717) is 12.4 Å². The Kier molecular flexibility index (Phi) is 3.59. The van der Waals surface area contributed by atoms with Gasteiger partial charge in [-0.05, 0) is 13.0 Å². The molecule has 1 atom stereocenters. The fourth-order valence-electron chi connectivity index (χ4n) is 1.80. The molecule has 0 amide bonds. The molecule has 5 nitrogen and oxygen atoms in total. The van der Waals surface area contributed by atoms with E-state index in [1.807, 2.05) is 17.6 Å². The van der Waals surface area contributed by atoms with Gasteiger partial charge >= 0.3 is 0 Å². The summed E-state index contributed by atoms with van der Waals surface area (Å²) in [6, 6.07) is 1.81. The topological polar surface area (TPSA) is 64.8 Å². The molecule has 0 aliphatic carbocycles. The molecule has 2 aromatic rings. The standard InChI is InChI=1S/C11H14ClN3O2S/c1-8(12)11-14-9-7-13-4-3-10(9)15(11)5-6-18(2,16)17/h3-4,7-8H,5-6H2,1-2H3. The molecule has 2 aromatic heterocycles. The zero-order valence-corrected chi connectivity index (χ0v) is 11.7. The molecule has 0 aromatic carbocycles. The van der Waals surface area contributed by atoms with E-state index < -0.39 is 9.84 Å². The molecule has 0 saturated carbocycles. The third kappa shape index (κ3) is 2.81. The Balaban J connectivity index is 2.48. The van der Waals surface area contributed by atoms with Gasteiger partial charge in [0.1, 0.15) is 21.2 Å². The van der Waals surface area contributed by atoms with Gasteiger partial charge in [-0.3, -0.25) is 4.98 Å². The zero-order chi connectivity index (χ0) is 13.3. The first-order valence-electron chi connectivity index (χ1n) is 5.50. The third-order valence-electron chi connectivity index (χ3n) is 2.62. The summed E-state index contributed by atoms with van der Waals surface area (Å²) in [5.74, 6) is 0.737. The Morgan fingerprint density at radius 3 is 2.83 bits per heavy atom. The number of aromatic nitrogens is 3. The van der Waals surface area contributed by atoms with Crippen LogP contribution in [0.4, 0.5) is 0 Å². The van der Waals surface area contributed by atoms with Crippen LogP contribution in [-0.2, 0) is 16.4 Å². The number of halogens is 1. The number of sulfone groups is 1. The third-order valence-corrected chi connectivity index (χ3v) is 3.74. The number of imidazole rings is 1. The maximum Gasteiger partial charge on any atom is 0.149 e. The van der Waals surface area contributed by atoms with Crippen LogP contribution >= 0.6 is 11.6 Å². The number of aryl methyl sites for hydroxylation is 1. The highest BCUT2D eigenvalue weighted by Crippen LogP contribution is 2.23. The summed E-state index contributed by atoms with van der Waals surface area (Å²) >= 11 is 6.08. The molecule has 0 spiro atoms. The molecule has 7 heteroatoms. The van der Waals surface area contributed by atoms with Gasteiger partial charge in [-0.15, -0.1) is 11.6 Å². The Labute approximate surface area is 111 Å². The minimum atomic E-state index is -3.02. The van der Waals surface area contributed by atoms with Crippen molar-refractivity contribution in [3.63, 3.8) is 0 Å². The summed E-state index contributed by atoms with van der Waals surface area (Å²) in [5, 5.41) is -0.281. The Bertz CT molecular complexity index is 664. The van der Waals surface area contributed by atoms with Crippen molar-refractivity contribution < 1.29 is 8.42 Å². The predicted octanol–water partition coefficient (Wildman–Crippen LogP) is 1.78. The normalized spacial score (nSPS) is 13.9. The summed E-state index contributed by atoms with van der Waals surface area (Å²) in [6.45, 7) is 2.17. The van der Waals surface area contributed by atoms with Crippen molar-refractivity contribution in [3.8, 4) is 0 Å². The molecule has 0 aliphatic rings. The fourth-order valence-corrected chi connectivity index (χ4v) is 2.48. The second-order valence-electron chi connectivity index (χ2n) is 4.23. The van der Waals surface area contributed by atoms with E-state index in [9.17, 15) is 8.42 Å². The number of nitrogens with zero attached hydrogens (tertiary/aromatic N) is 3. The van der Waals surface area contributed by atoms with Crippen LogP contribution in [0.2, 0.25) is 0 Å². The fraction of sp³-hybridized carbons (Fsp3) is 0.455. The SMILES string of the molecule is CC(Cl)c1nc2cnccc2n1CCS(C)(=O)=O. The van der Waals surface area contributed by atoms with Crippen LogP contribution in [-0.4, -0.2) is 35.0 Å². The van der Waals surface area contributed by atoms with Crippen LogP contribution in [0.3, 0.4) is 0 Å². The molecule has 0 radical (unpaired) electrons. The number of hydrogen-bond donors (Lipinski definition) is 0. The monoisotopic (exact) mass is 287 g/mol. The molecule has 2 rings (SSSR count). The van der Waals surface area contributed by atoms with E-state index in [2.05, 4.69) is 9.97 Å². The molecule has 2 heterocycles. The Morgan fingerprint density at radius 2 is 2.22 bits per heavy atom. The smallest absolute Gasteiger partial charge is 0.149 e. The van der Waals surface area contributed by atoms with Crippen LogP contribution in [0.1, 0.15) is 18.1 Å². The van der Waals surface area contributed by atoms with E-state index in [0.717, 1.165) is 11.0 Å². The molecule has 18 heavy (non-hydrogen) atoms. The number of pyridine rings is 1. The van der Waals surface area contributed by atoms with Gasteiger partial charge in [-0.2, -0.15) is 0 Å². The van der Waals surface area contributed by atoms with Crippen molar-refractivity contribution in [1.82, 2.24) is 14.5 Å². The highest BCUT2D eigenvalue weighted by Gasteiger charge is 2.16. The maximum atomic E-state index is 11.3. The summed E-state index contributed by atoms with van der Waals surface area (Å²) in [7, 11) is -3.02. The van der Waals surface area contributed by atoms with Gasteiger partial charge in [0.15, 0.2) is 0 Å². The molecule has 0 saturated heterocycles. The highest BCUT2D eigenvalue weighted by molar-refractivity contribution is 7.90. The molecule has 0 aliphatic heterocycles. The molecular formula is C11H14ClN3O2S. The number of fused-ring (bicyclic) bond motifs is 1. The first-order valence-corrected chi connectivity index (χ1v) is 8.00. The van der Waals surface area contributed by atoms with Crippen LogP contribution in [0, 0.1) is 0 Å². The van der Waals surface area contributed by atoms with Crippen molar-refractivity contribution in [2.75, 3.05) is 12.0 Å². The summed E-state index contributed by atoms with van der Waals surface area (Å²) < 4.78 is 24.4. The number of hydrogen-bond acceptors (Lipinski definition) is 4. The molecule has 0 N–H and O–H groups in total. The predicted molar refractivity (Wildman–Crippen MR) is 71.5 cm³/mol. The van der Waals surface area contributed by atoms with Gasteiger partial charge in [0.2, 0.25) is 0 Å². The van der Waals surface area contributed by atoms with Crippen LogP contribution in [0.25, 0.3) is 11.0 Å². The van der Waals surface area contributed by atoms with E-state index in [1.54, 1.807) is 12.4 Å². The first kappa shape index (κ1) is 13.3. The summed E-state index contributed by atoms with van der Waals surface area (Å²) in [4.78, 5) is 8.38. The van der Waals surface area contributed by atoms with Crippen LogP contribution in [0.15, 0.2) is 18.5 Å². The summed E-state index contributed by atoms with van der Waals surface area (Å²) in [5.41, 5.74) is 1.59. The van der Waals surface area contributed by atoms with Gasteiger partial charge in [-0.25, -0.2) is 13.4 Å². The zero-order valence-electron chi connectivity index (χ0n) is 10.2. The lowest BCUT2D eigenvalue weighted by atomic mass is 10.4. The Morgan fingerprint density at radius 1 is 1.50 bits per heavy atom. The van der Waals surface area contributed by atoms with Gasteiger partial charge in [0.05, 0.1) is 22.8 Å². The van der Waals surface area contributed by atoms with Gasteiger partial charge < -0.3 is 4.57 Å². The van der Waals surface area contributed by atoms with E-state index in [-0.39, 0.29) is 11.1 Å².